The van der Waals surface area contributed by atoms with Crippen LogP contribution in [0.15, 0.2) is 12.2 Å². The van der Waals surface area contributed by atoms with Crippen molar-refractivity contribution in [3.8, 4) is 0 Å². The second kappa shape index (κ2) is 11.2. The zero-order valence-electron chi connectivity index (χ0n) is 11.5. The topological polar surface area (TPSA) is 35.5 Å². The van der Waals surface area contributed by atoms with Crippen molar-refractivity contribution in [2.45, 2.75) is 52.4 Å². The summed E-state index contributed by atoms with van der Waals surface area (Å²) in [7, 11) is 0. The molecule has 0 amide bonds. The highest BCUT2D eigenvalue weighted by Crippen LogP contribution is 2.06. The first-order valence-electron chi connectivity index (χ1n) is 6.56. The minimum atomic E-state index is -0.385. The van der Waals surface area contributed by atoms with Crippen molar-refractivity contribution in [1.29, 1.82) is 0 Å². The smallest absolute Gasteiger partial charge is 0.333 e. The third kappa shape index (κ3) is 10.3. The van der Waals surface area contributed by atoms with Crippen LogP contribution in [0.1, 0.15) is 52.4 Å². The molecule has 0 heterocycles. The maximum absolute atomic E-state index is 11.0. The summed E-state index contributed by atoms with van der Waals surface area (Å²) in [5, 5.41) is 0.609. The summed E-state index contributed by atoms with van der Waals surface area (Å²) >= 11 is 5.08. The van der Waals surface area contributed by atoms with Gasteiger partial charge in [0.1, 0.15) is 13.2 Å². The van der Waals surface area contributed by atoms with Crippen LogP contribution >= 0.6 is 12.2 Å². The number of hydrogen-bond acceptors (Lipinski definition) is 4. The Bertz CT molecular complexity index is 274. The summed E-state index contributed by atoms with van der Waals surface area (Å²) in [5.41, 5.74) is 0.397. The van der Waals surface area contributed by atoms with Gasteiger partial charge in [0, 0.05) is 12.0 Å². The van der Waals surface area contributed by atoms with Crippen molar-refractivity contribution in [3.63, 3.8) is 0 Å². The lowest BCUT2D eigenvalue weighted by Gasteiger charge is -2.08. The van der Waals surface area contributed by atoms with Gasteiger partial charge in [0.15, 0.2) is 5.05 Å². The average Bonchev–Trinajstić information content (AvgIpc) is 2.34. The van der Waals surface area contributed by atoms with Crippen LogP contribution in [0.5, 0.6) is 0 Å². The molecule has 0 aromatic carbocycles. The first kappa shape index (κ1) is 17.1. The van der Waals surface area contributed by atoms with Gasteiger partial charge in [0.25, 0.3) is 0 Å². The molecular formula is C14H24O3S. The molecule has 0 aromatic heterocycles. The maximum Gasteiger partial charge on any atom is 0.333 e. The third-order valence-electron chi connectivity index (χ3n) is 2.41. The number of carbonyl (C=O) groups excluding carboxylic acids is 1. The summed E-state index contributed by atoms with van der Waals surface area (Å²) in [4.78, 5) is 11.0. The van der Waals surface area contributed by atoms with Crippen LogP contribution in [0.25, 0.3) is 0 Å². The number of rotatable bonds is 10. The van der Waals surface area contributed by atoms with Gasteiger partial charge < -0.3 is 9.47 Å². The van der Waals surface area contributed by atoms with Crippen LogP contribution in [-0.4, -0.2) is 24.2 Å². The predicted octanol–water partition coefficient (Wildman–Crippen LogP) is 3.81. The third-order valence-corrected chi connectivity index (χ3v) is 2.73. The highest BCUT2D eigenvalue weighted by molar-refractivity contribution is 7.80. The van der Waals surface area contributed by atoms with Crippen molar-refractivity contribution in [1.82, 2.24) is 0 Å². The van der Waals surface area contributed by atoms with Crippen molar-refractivity contribution >= 4 is 23.2 Å². The van der Waals surface area contributed by atoms with Gasteiger partial charge in [-0.2, -0.15) is 0 Å². The molecule has 3 nitrogen and oxygen atoms in total. The molecule has 0 saturated heterocycles. The molecule has 0 rings (SSSR count). The molecule has 0 spiro atoms. The lowest BCUT2D eigenvalue weighted by molar-refractivity contribution is -0.139. The Labute approximate surface area is 116 Å². The molecule has 0 aliphatic rings. The highest BCUT2D eigenvalue weighted by Gasteiger charge is 2.03. The van der Waals surface area contributed by atoms with E-state index in [9.17, 15) is 4.79 Å². The van der Waals surface area contributed by atoms with Crippen LogP contribution in [0, 0.1) is 0 Å². The first-order chi connectivity index (χ1) is 8.57. The molecule has 0 unspecified atom stereocenters. The van der Waals surface area contributed by atoms with Crippen LogP contribution in [0.2, 0.25) is 0 Å². The van der Waals surface area contributed by atoms with E-state index in [0.29, 0.717) is 17.2 Å². The van der Waals surface area contributed by atoms with Gasteiger partial charge in [-0.1, -0.05) is 39.2 Å². The summed E-state index contributed by atoms with van der Waals surface area (Å²) in [6.45, 7) is 7.85. The van der Waals surface area contributed by atoms with Crippen LogP contribution in [0.3, 0.4) is 0 Å². The van der Waals surface area contributed by atoms with Crippen LogP contribution < -0.4 is 0 Å². The normalized spacial score (nSPS) is 9.89. The zero-order chi connectivity index (χ0) is 13.8. The van der Waals surface area contributed by atoms with Crippen molar-refractivity contribution in [2.24, 2.45) is 0 Å². The number of thiocarbonyl (C=S) groups is 1. The Morgan fingerprint density at radius 1 is 1.11 bits per heavy atom. The van der Waals surface area contributed by atoms with Crippen LogP contribution in [-0.2, 0) is 14.3 Å². The van der Waals surface area contributed by atoms with Gasteiger partial charge in [-0.3, -0.25) is 0 Å². The zero-order valence-corrected chi connectivity index (χ0v) is 12.3. The number of hydrogen-bond donors (Lipinski definition) is 0. The Morgan fingerprint density at radius 3 is 2.33 bits per heavy atom. The van der Waals surface area contributed by atoms with Gasteiger partial charge in [0.05, 0.1) is 0 Å². The number of ether oxygens (including phenoxy) is 2. The van der Waals surface area contributed by atoms with E-state index in [1.807, 2.05) is 0 Å². The largest absolute Gasteiger partial charge is 0.484 e. The molecule has 0 aromatic rings. The second-order valence-electron chi connectivity index (χ2n) is 4.30. The Balaban J connectivity index is 3.37. The summed E-state index contributed by atoms with van der Waals surface area (Å²) in [6, 6.07) is 0. The maximum atomic E-state index is 11.0. The van der Waals surface area contributed by atoms with E-state index in [4.69, 9.17) is 21.7 Å². The van der Waals surface area contributed by atoms with E-state index < -0.39 is 0 Å². The molecule has 0 N–H and O–H groups in total. The monoisotopic (exact) mass is 272 g/mol. The standard InChI is InChI=1S/C14H24O3S/c1-4-5-6-7-8-9-13(18)16-10-11-17-14(15)12(2)3/h2,4-11H2,1,3H3. The number of carbonyl (C=O) groups is 1. The molecule has 0 atom stereocenters. The second-order valence-corrected chi connectivity index (χ2v) is 4.76. The first-order valence-corrected chi connectivity index (χ1v) is 6.97. The molecule has 18 heavy (non-hydrogen) atoms. The van der Waals surface area contributed by atoms with E-state index in [0.717, 1.165) is 12.8 Å². The van der Waals surface area contributed by atoms with E-state index in [-0.39, 0.29) is 12.6 Å². The fourth-order valence-corrected chi connectivity index (χ4v) is 1.59. The van der Waals surface area contributed by atoms with Gasteiger partial charge in [-0.05, 0) is 25.6 Å². The SMILES string of the molecule is C=C(C)C(=O)OCCOC(=S)CCCCCCC. The van der Waals surface area contributed by atoms with Crippen molar-refractivity contribution in [2.75, 3.05) is 13.2 Å². The Hall–Kier alpha value is -0.900. The Morgan fingerprint density at radius 2 is 1.72 bits per heavy atom. The van der Waals surface area contributed by atoms with Gasteiger partial charge >= 0.3 is 5.97 Å². The van der Waals surface area contributed by atoms with E-state index >= 15 is 0 Å². The minimum Gasteiger partial charge on any atom is -0.484 e. The van der Waals surface area contributed by atoms with Gasteiger partial charge in [0.2, 0.25) is 0 Å². The summed E-state index contributed by atoms with van der Waals surface area (Å²) in [5.74, 6) is -0.385. The Kier molecular flexibility index (Phi) is 10.6. The fraction of sp³-hybridized carbons (Fsp3) is 0.714. The molecule has 0 aliphatic heterocycles. The molecule has 0 aliphatic carbocycles. The van der Waals surface area contributed by atoms with Gasteiger partial charge in [-0.15, -0.1) is 0 Å². The predicted molar refractivity (Wildman–Crippen MR) is 77.7 cm³/mol. The highest BCUT2D eigenvalue weighted by atomic mass is 32.1. The lowest BCUT2D eigenvalue weighted by atomic mass is 10.1. The molecule has 4 heteroatoms. The van der Waals surface area contributed by atoms with E-state index in [1.165, 1.54) is 25.7 Å². The molecule has 0 saturated carbocycles. The minimum absolute atomic E-state index is 0.224. The average molecular weight is 272 g/mol. The van der Waals surface area contributed by atoms with Crippen molar-refractivity contribution in [3.05, 3.63) is 12.2 Å². The van der Waals surface area contributed by atoms with Gasteiger partial charge in [-0.25, -0.2) is 4.79 Å². The molecule has 0 fully saturated rings. The van der Waals surface area contributed by atoms with E-state index in [2.05, 4.69) is 13.5 Å². The summed E-state index contributed by atoms with van der Waals surface area (Å²) in [6.07, 6.45) is 6.87. The number of esters is 1. The lowest BCUT2D eigenvalue weighted by Crippen LogP contribution is -2.13. The fourth-order valence-electron chi connectivity index (χ4n) is 1.36. The molecule has 104 valence electrons. The number of unbranched alkanes of at least 4 members (excludes halogenated alkanes) is 4. The molecular weight excluding hydrogens is 248 g/mol. The van der Waals surface area contributed by atoms with Crippen molar-refractivity contribution < 1.29 is 14.3 Å². The molecule has 0 radical (unpaired) electrons. The summed E-state index contributed by atoms with van der Waals surface area (Å²) < 4.78 is 10.2. The van der Waals surface area contributed by atoms with E-state index in [1.54, 1.807) is 6.92 Å². The quantitative estimate of drug-likeness (QED) is 0.262. The van der Waals surface area contributed by atoms with Crippen LogP contribution in [0.4, 0.5) is 0 Å². The molecule has 0 bridgehead atoms.